The molecule has 7 heteroatoms. The molecule has 7 nitrogen and oxygen atoms in total. The van der Waals surface area contributed by atoms with Crippen LogP contribution < -0.4 is 5.32 Å². The van der Waals surface area contributed by atoms with Gasteiger partial charge in [0.1, 0.15) is 12.2 Å². The Morgan fingerprint density at radius 3 is 2.32 bits per heavy atom. The van der Waals surface area contributed by atoms with Gasteiger partial charge in [-0.2, -0.15) is 0 Å². The summed E-state index contributed by atoms with van der Waals surface area (Å²) in [4.78, 5) is 28.7. The molecule has 3 fully saturated rings. The van der Waals surface area contributed by atoms with Gasteiger partial charge in [-0.25, -0.2) is 9.59 Å². The topological polar surface area (TPSA) is 71.1 Å². The molecule has 0 aromatic heterocycles. The fourth-order valence-electron chi connectivity index (χ4n) is 4.89. The molecule has 0 bridgehead atoms. The average Bonchev–Trinajstić information content (AvgIpc) is 3.15. The number of fused-ring (bicyclic) bond motifs is 1. The van der Waals surface area contributed by atoms with Gasteiger partial charge in [-0.15, -0.1) is 0 Å². The van der Waals surface area contributed by atoms with Crippen LogP contribution in [0.5, 0.6) is 0 Å². The lowest BCUT2D eigenvalue weighted by Crippen LogP contribution is -2.45. The molecule has 3 atom stereocenters. The second-order valence-electron chi connectivity index (χ2n) is 10.2. The predicted molar refractivity (Wildman–Crippen MR) is 118 cm³/mol. The summed E-state index contributed by atoms with van der Waals surface area (Å²) in [6.07, 6.45) is 1.39. The van der Waals surface area contributed by atoms with Gasteiger partial charge in [-0.3, -0.25) is 0 Å². The van der Waals surface area contributed by atoms with Crippen molar-refractivity contribution >= 4 is 12.2 Å². The number of rotatable bonds is 5. The Bertz CT molecular complexity index is 759. The SMILES string of the molecule is CC(C)(C)OC(=O)N1C[C@@H]2C(CN3CCC(NC(=O)OCc4ccccc4)CC3)[C@@H]2C1. The number of benzene rings is 1. The highest BCUT2D eigenvalue weighted by atomic mass is 16.6. The maximum absolute atomic E-state index is 12.2. The van der Waals surface area contributed by atoms with Gasteiger partial charge in [0.2, 0.25) is 0 Å². The molecular weight excluding hydrogens is 394 g/mol. The molecule has 1 aliphatic carbocycles. The molecule has 3 aliphatic rings. The highest BCUT2D eigenvalue weighted by Gasteiger charge is 2.57. The van der Waals surface area contributed by atoms with E-state index < -0.39 is 5.60 Å². The third kappa shape index (κ3) is 5.91. The number of carbonyl (C=O) groups excluding carboxylic acids is 2. The van der Waals surface area contributed by atoms with Crippen molar-refractivity contribution in [2.75, 3.05) is 32.7 Å². The van der Waals surface area contributed by atoms with Crippen LogP contribution in [0.3, 0.4) is 0 Å². The molecule has 2 aliphatic heterocycles. The number of amides is 2. The van der Waals surface area contributed by atoms with Crippen molar-refractivity contribution in [3.63, 3.8) is 0 Å². The fraction of sp³-hybridized carbons (Fsp3) is 0.667. The van der Waals surface area contributed by atoms with Crippen LogP contribution in [0.1, 0.15) is 39.2 Å². The van der Waals surface area contributed by atoms with E-state index in [1.807, 2.05) is 56.0 Å². The lowest BCUT2D eigenvalue weighted by molar-refractivity contribution is 0.0260. The zero-order chi connectivity index (χ0) is 22.0. The van der Waals surface area contributed by atoms with Crippen LogP contribution in [0.2, 0.25) is 0 Å². The quantitative estimate of drug-likeness (QED) is 0.776. The summed E-state index contributed by atoms with van der Waals surface area (Å²) in [5.74, 6) is 1.94. The Morgan fingerprint density at radius 1 is 1.06 bits per heavy atom. The minimum absolute atomic E-state index is 0.176. The number of ether oxygens (including phenoxy) is 2. The molecule has 4 rings (SSSR count). The van der Waals surface area contributed by atoms with E-state index in [1.54, 1.807) is 0 Å². The Kier molecular flexibility index (Phi) is 6.42. The summed E-state index contributed by atoms with van der Waals surface area (Å²) in [6, 6.07) is 9.91. The van der Waals surface area contributed by atoms with Gasteiger partial charge in [0.05, 0.1) is 0 Å². The summed E-state index contributed by atoms with van der Waals surface area (Å²) in [6.45, 7) is 10.8. The Morgan fingerprint density at radius 2 is 1.71 bits per heavy atom. The minimum Gasteiger partial charge on any atom is -0.445 e. The molecule has 2 saturated heterocycles. The van der Waals surface area contributed by atoms with Gasteiger partial charge in [0.15, 0.2) is 0 Å². The van der Waals surface area contributed by atoms with E-state index in [-0.39, 0.29) is 18.2 Å². The van der Waals surface area contributed by atoms with Crippen molar-refractivity contribution in [2.45, 2.75) is 51.9 Å². The number of piperidine rings is 2. The number of carbonyl (C=O) groups is 2. The molecule has 1 N–H and O–H groups in total. The molecule has 1 saturated carbocycles. The standard InChI is InChI=1S/C24H35N3O4/c1-24(2,3)31-23(29)27-14-20-19(21(20)15-27)13-26-11-9-18(10-12-26)25-22(28)30-16-17-7-5-4-6-8-17/h4-8,18-21H,9-16H2,1-3H3,(H,25,28)/t19?,20-,21+. The van der Waals surface area contributed by atoms with E-state index >= 15 is 0 Å². The molecule has 1 aromatic carbocycles. The van der Waals surface area contributed by atoms with Crippen molar-refractivity contribution < 1.29 is 19.1 Å². The number of hydrogen-bond donors (Lipinski definition) is 1. The monoisotopic (exact) mass is 429 g/mol. The van der Waals surface area contributed by atoms with Gasteiger partial charge in [0.25, 0.3) is 0 Å². The fourth-order valence-corrected chi connectivity index (χ4v) is 4.89. The maximum Gasteiger partial charge on any atom is 0.410 e. The molecule has 170 valence electrons. The third-order valence-corrected chi connectivity index (χ3v) is 6.61. The van der Waals surface area contributed by atoms with Crippen LogP contribution in [-0.4, -0.2) is 66.4 Å². The largest absolute Gasteiger partial charge is 0.445 e. The van der Waals surface area contributed by atoms with Crippen molar-refractivity contribution in [1.29, 1.82) is 0 Å². The van der Waals surface area contributed by atoms with Gasteiger partial charge < -0.3 is 24.6 Å². The number of alkyl carbamates (subject to hydrolysis) is 1. The normalized spacial score (nSPS) is 26.3. The lowest BCUT2D eigenvalue weighted by atomic mass is 10.0. The van der Waals surface area contributed by atoms with Crippen molar-refractivity contribution in [2.24, 2.45) is 17.8 Å². The Balaban J connectivity index is 1.11. The Hall–Kier alpha value is -2.28. The summed E-state index contributed by atoms with van der Waals surface area (Å²) in [7, 11) is 0. The predicted octanol–water partition coefficient (Wildman–Crippen LogP) is 3.49. The number of nitrogens with zero attached hydrogens (tertiary/aromatic N) is 2. The van der Waals surface area contributed by atoms with Crippen LogP contribution >= 0.6 is 0 Å². The Labute approximate surface area is 185 Å². The van der Waals surface area contributed by atoms with Gasteiger partial charge in [-0.05, 0) is 56.9 Å². The van der Waals surface area contributed by atoms with E-state index in [9.17, 15) is 9.59 Å². The highest BCUT2D eigenvalue weighted by molar-refractivity contribution is 5.69. The molecule has 1 aromatic rings. The van der Waals surface area contributed by atoms with Crippen LogP contribution in [0, 0.1) is 17.8 Å². The van der Waals surface area contributed by atoms with E-state index in [4.69, 9.17) is 9.47 Å². The second kappa shape index (κ2) is 9.07. The molecule has 0 spiro atoms. The van der Waals surface area contributed by atoms with Gasteiger partial charge >= 0.3 is 12.2 Å². The number of nitrogens with one attached hydrogen (secondary N) is 1. The zero-order valence-corrected chi connectivity index (χ0v) is 18.9. The van der Waals surface area contributed by atoms with Gasteiger partial charge in [0, 0.05) is 38.8 Å². The van der Waals surface area contributed by atoms with E-state index in [1.165, 1.54) is 0 Å². The van der Waals surface area contributed by atoms with Gasteiger partial charge in [-0.1, -0.05) is 30.3 Å². The summed E-state index contributed by atoms with van der Waals surface area (Å²) in [5, 5.41) is 3.01. The lowest BCUT2D eigenvalue weighted by Gasteiger charge is -2.33. The molecule has 2 heterocycles. The summed E-state index contributed by atoms with van der Waals surface area (Å²) >= 11 is 0. The van der Waals surface area contributed by atoms with Crippen molar-refractivity contribution in [3.05, 3.63) is 35.9 Å². The first kappa shape index (κ1) is 21.9. The van der Waals surface area contributed by atoms with Crippen molar-refractivity contribution in [1.82, 2.24) is 15.1 Å². The first-order chi connectivity index (χ1) is 14.8. The van der Waals surface area contributed by atoms with Crippen LogP contribution in [0.4, 0.5) is 9.59 Å². The molecular formula is C24H35N3O4. The first-order valence-electron chi connectivity index (χ1n) is 11.5. The van der Waals surface area contributed by atoms with E-state index in [0.717, 1.165) is 51.1 Å². The maximum atomic E-state index is 12.2. The number of likely N-dealkylation sites (tertiary alicyclic amines) is 2. The summed E-state index contributed by atoms with van der Waals surface area (Å²) < 4.78 is 10.8. The van der Waals surface area contributed by atoms with Crippen molar-refractivity contribution in [3.8, 4) is 0 Å². The molecule has 0 radical (unpaired) electrons. The molecule has 2 amide bonds. The van der Waals surface area contributed by atoms with Crippen LogP contribution in [-0.2, 0) is 16.1 Å². The van der Waals surface area contributed by atoms with Crippen LogP contribution in [0.25, 0.3) is 0 Å². The van der Waals surface area contributed by atoms with Crippen LogP contribution in [0.15, 0.2) is 30.3 Å². The molecule has 31 heavy (non-hydrogen) atoms. The minimum atomic E-state index is -0.435. The van der Waals surface area contributed by atoms with E-state index in [2.05, 4.69) is 10.2 Å². The smallest absolute Gasteiger partial charge is 0.410 e. The second-order valence-corrected chi connectivity index (χ2v) is 10.2. The third-order valence-electron chi connectivity index (χ3n) is 6.61. The first-order valence-corrected chi connectivity index (χ1v) is 11.5. The molecule has 1 unspecified atom stereocenters. The zero-order valence-electron chi connectivity index (χ0n) is 18.9. The number of hydrogen-bond acceptors (Lipinski definition) is 5. The highest BCUT2D eigenvalue weighted by Crippen LogP contribution is 2.52. The van der Waals surface area contributed by atoms with E-state index in [0.29, 0.717) is 24.4 Å². The average molecular weight is 430 g/mol. The summed E-state index contributed by atoms with van der Waals surface area (Å²) in [5.41, 5.74) is 0.558.